The number of ether oxygens (including phenoxy) is 1. The first-order chi connectivity index (χ1) is 9.63. The van der Waals surface area contributed by atoms with E-state index in [0.29, 0.717) is 24.4 Å². The van der Waals surface area contributed by atoms with Crippen molar-refractivity contribution in [2.24, 2.45) is 0 Å². The molecular formula is C15H21ClN2O2. The fourth-order valence-corrected chi connectivity index (χ4v) is 2.47. The van der Waals surface area contributed by atoms with E-state index >= 15 is 0 Å². The molecule has 0 saturated carbocycles. The average Bonchev–Trinajstić information content (AvgIpc) is 2.43. The van der Waals surface area contributed by atoms with Crippen LogP contribution in [-0.2, 0) is 16.0 Å². The Balaban J connectivity index is 1.67. The molecule has 0 unspecified atom stereocenters. The van der Waals surface area contributed by atoms with E-state index in [2.05, 4.69) is 17.3 Å². The summed E-state index contributed by atoms with van der Waals surface area (Å²) in [5.74, 6) is 0.0572. The second kappa shape index (κ2) is 7.62. The van der Waals surface area contributed by atoms with Gasteiger partial charge in [-0.05, 0) is 31.2 Å². The fraction of sp³-hybridized carbons (Fsp3) is 0.533. The van der Waals surface area contributed by atoms with Crippen LogP contribution in [0.5, 0.6) is 0 Å². The van der Waals surface area contributed by atoms with Crippen molar-refractivity contribution < 1.29 is 9.53 Å². The molecule has 0 spiro atoms. The molecule has 1 amide bonds. The minimum absolute atomic E-state index is 0.0572. The number of morpholine rings is 1. The van der Waals surface area contributed by atoms with Crippen LogP contribution in [0.2, 0.25) is 5.02 Å². The van der Waals surface area contributed by atoms with Crippen LogP contribution in [0.3, 0.4) is 0 Å². The monoisotopic (exact) mass is 296 g/mol. The Morgan fingerprint density at radius 3 is 3.15 bits per heavy atom. The largest absolute Gasteiger partial charge is 0.374 e. The molecule has 1 atom stereocenters. The molecule has 4 nitrogen and oxygen atoms in total. The summed E-state index contributed by atoms with van der Waals surface area (Å²) in [4.78, 5) is 14.0. The summed E-state index contributed by atoms with van der Waals surface area (Å²) >= 11 is 5.91. The van der Waals surface area contributed by atoms with Crippen molar-refractivity contribution in [2.75, 3.05) is 33.3 Å². The van der Waals surface area contributed by atoms with Gasteiger partial charge >= 0.3 is 0 Å². The normalized spacial score (nSPS) is 19.8. The van der Waals surface area contributed by atoms with E-state index in [1.165, 1.54) is 0 Å². The lowest BCUT2D eigenvalue weighted by Crippen LogP contribution is -2.45. The first-order valence-electron chi connectivity index (χ1n) is 6.95. The topological polar surface area (TPSA) is 41.6 Å². The summed E-state index contributed by atoms with van der Waals surface area (Å²) in [5.41, 5.74) is 1.08. The molecule has 1 aliphatic heterocycles. The van der Waals surface area contributed by atoms with Gasteiger partial charge in [0.25, 0.3) is 0 Å². The summed E-state index contributed by atoms with van der Waals surface area (Å²) in [6.07, 6.45) is 1.28. The molecule has 1 aromatic rings. The third kappa shape index (κ3) is 5.12. The predicted octanol–water partition coefficient (Wildman–Crippen LogP) is 1.72. The first-order valence-corrected chi connectivity index (χ1v) is 7.32. The van der Waals surface area contributed by atoms with Crippen LogP contribution >= 0.6 is 11.6 Å². The van der Waals surface area contributed by atoms with Crippen molar-refractivity contribution in [3.63, 3.8) is 0 Å². The number of aryl methyl sites for hydroxylation is 1. The van der Waals surface area contributed by atoms with Gasteiger partial charge in [-0.1, -0.05) is 23.7 Å². The van der Waals surface area contributed by atoms with Gasteiger partial charge in [0.2, 0.25) is 5.91 Å². The number of amides is 1. The van der Waals surface area contributed by atoms with Gasteiger partial charge < -0.3 is 15.0 Å². The number of rotatable bonds is 5. The summed E-state index contributed by atoms with van der Waals surface area (Å²) < 4.78 is 5.60. The Labute approximate surface area is 125 Å². The maximum Gasteiger partial charge on any atom is 0.220 e. The van der Waals surface area contributed by atoms with Crippen molar-refractivity contribution in [2.45, 2.75) is 18.9 Å². The van der Waals surface area contributed by atoms with Crippen LogP contribution in [0, 0.1) is 0 Å². The van der Waals surface area contributed by atoms with Crippen LogP contribution < -0.4 is 5.32 Å². The molecule has 20 heavy (non-hydrogen) atoms. The minimum Gasteiger partial charge on any atom is -0.374 e. The van der Waals surface area contributed by atoms with E-state index in [9.17, 15) is 4.79 Å². The van der Waals surface area contributed by atoms with Crippen LogP contribution in [0.1, 0.15) is 12.0 Å². The average molecular weight is 297 g/mol. The molecule has 5 heteroatoms. The van der Waals surface area contributed by atoms with Gasteiger partial charge in [0.15, 0.2) is 0 Å². The van der Waals surface area contributed by atoms with E-state index in [1.54, 1.807) is 0 Å². The van der Waals surface area contributed by atoms with Crippen molar-refractivity contribution >= 4 is 17.5 Å². The highest BCUT2D eigenvalue weighted by atomic mass is 35.5. The SMILES string of the molecule is CN1CCO[C@@H](CNC(=O)CCc2cccc(Cl)c2)C1. The zero-order chi connectivity index (χ0) is 14.4. The van der Waals surface area contributed by atoms with Crippen LogP contribution in [0.25, 0.3) is 0 Å². The van der Waals surface area contributed by atoms with Crippen molar-refractivity contribution in [1.82, 2.24) is 10.2 Å². The first kappa shape index (κ1) is 15.3. The summed E-state index contributed by atoms with van der Waals surface area (Å²) in [5, 5.41) is 3.64. The Morgan fingerprint density at radius 1 is 1.55 bits per heavy atom. The number of likely N-dealkylation sites (N-methyl/N-ethyl adjacent to an activating group) is 1. The summed E-state index contributed by atoms with van der Waals surface area (Å²) in [6.45, 7) is 3.14. The Hall–Kier alpha value is -1.10. The zero-order valence-corrected chi connectivity index (χ0v) is 12.5. The fourth-order valence-electron chi connectivity index (χ4n) is 2.26. The second-order valence-electron chi connectivity index (χ2n) is 5.19. The van der Waals surface area contributed by atoms with Gasteiger partial charge in [-0.2, -0.15) is 0 Å². The Bertz CT molecular complexity index is 453. The van der Waals surface area contributed by atoms with Crippen LogP contribution in [0.15, 0.2) is 24.3 Å². The van der Waals surface area contributed by atoms with Crippen LogP contribution in [-0.4, -0.2) is 50.2 Å². The van der Waals surface area contributed by atoms with Crippen molar-refractivity contribution in [3.05, 3.63) is 34.9 Å². The lowest BCUT2D eigenvalue weighted by Gasteiger charge is -2.30. The van der Waals surface area contributed by atoms with E-state index in [4.69, 9.17) is 16.3 Å². The van der Waals surface area contributed by atoms with Gasteiger partial charge in [0.1, 0.15) is 0 Å². The molecule has 1 aliphatic rings. The second-order valence-corrected chi connectivity index (χ2v) is 5.63. The molecule has 1 saturated heterocycles. The highest BCUT2D eigenvalue weighted by Crippen LogP contribution is 2.12. The lowest BCUT2D eigenvalue weighted by molar-refractivity contribution is -0.122. The molecule has 1 fully saturated rings. The Morgan fingerprint density at radius 2 is 2.40 bits per heavy atom. The number of carbonyl (C=O) groups excluding carboxylic acids is 1. The molecule has 1 aromatic carbocycles. The maximum absolute atomic E-state index is 11.8. The number of hydrogen-bond donors (Lipinski definition) is 1. The summed E-state index contributed by atoms with van der Waals surface area (Å²) in [7, 11) is 2.07. The van der Waals surface area contributed by atoms with E-state index in [0.717, 1.165) is 25.3 Å². The van der Waals surface area contributed by atoms with Crippen molar-refractivity contribution in [1.29, 1.82) is 0 Å². The zero-order valence-electron chi connectivity index (χ0n) is 11.8. The standard InChI is InChI=1S/C15H21ClN2O2/c1-18-7-8-20-14(11-18)10-17-15(19)6-5-12-3-2-4-13(16)9-12/h2-4,9,14H,5-8,10-11H2,1H3,(H,17,19)/t14-/m0/s1. The van der Waals surface area contributed by atoms with Gasteiger partial charge in [0.05, 0.1) is 12.7 Å². The molecule has 0 bridgehead atoms. The number of carbonyl (C=O) groups is 1. The van der Waals surface area contributed by atoms with Crippen LogP contribution in [0.4, 0.5) is 0 Å². The third-order valence-electron chi connectivity index (χ3n) is 3.40. The number of halogens is 1. The van der Waals surface area contributed by atoms with Gasteiger partial charge in [-0.25, -0.2) is 0 Å². The molecule has 0 radical (unpaired) electrons. The lowest BCUT2D eigenvalue weighted by atomic mass is 10.1. The molecule has 2 rings (SSSR count). The predicted molar refractivity (Wildman–Crippen MR) is 80.0 cm³/mol. The van der Waals surface area contributed by atoms with Gasteiger partial charge in [0, 0.05) is 31.1 Å². The smallest absolute Gasteiger partial charge is 0.220 e. The number of nitrogens with one attached hydrogen (secondary N) is 1. The molecule has 1 N–H and O–H groups in total. The molecule has 1 heterocycles. The van der Waals surface area contributed by atoms with E-state index in [1.807, 2.05) is 24.3 Å². The van der Waals surface area contributed by atoms with Gasteiger partial charge in [-0.3, -0.25) is 4.79 Å². The summed E-state index contributed by atoms with van der Waals surface area (Å²) in [6, 6.07) is 7.62. The highest BCUT2D eigenvalue weighted by molar-refractivity contribution is 6.30. The highest BCUT2D eigenvalue weighted by Gasteiger charge is 2.17. The third-order valence-corrected chi connectivity index (χ3v) is 3.63. The number of hydrogen-bond acceptors (Lipinski definition) is 3. The maximum atomic E-state index is 11.8. The van der Waals surface area contributed by atoms with Gasteiger partial charge in [-0.15, -0.1) is 0 Å². The molecule has 0 aromatic heterocycles. The van der Waals surface area contributed by atoms with Crippen molar-refractivity contribution in [3.8, 4) is 0 Å². The van der Waals surface area contributed by atoms with E-state index < -0.39 is 0 Å². The molecule has 0 aliphatic carbocycles. The molecular weight excluding hydrogens is 276 g/mol. The van der Waals surface area contributed by atoms with E-state index in [-0.39, 0.29) is 12.0 Å². The molecule has 110 valence electrons. The Kier molecular flexibility index (Phi) is 5.83. The number of benzene rings is 1. The number of nitrogens with zero attached hydrogens (tertiary/aromatic N) is 1. The minimum atomic E-state index is 0.0572. The quantitative estimate of drug-likeness (QED) is 0.899.